The maximum atomic E-state index is 4.84. The maximum absolute atomic E-state index is 4.84. The van der Waals surface area contributed by atoms with Crippen molar-refractivity contribution in [2.75, 3.05) is 20.7 Å². The van der Waals surface area contributed by atoms with Crippen LogP contribution in [0.5, 0.6) is 0 Å². The van der Waals surface area contributed by atoms with Crippen LogP contribution in [0.25, 0.3) is 0 Å². The topological polar surface area (TPSA) is 21.7 Å². The van der Waals surface area contributed by atoms with Gasteiger partial charge < -0.3 is 4.81 Å². The Labute approximate surface area is 49.6 Å². The summed E-state index contributed by atoms with van der Waals surface area (Å²) in [6.45, 7) is 0.725. The molecule has 0 unspecified atom stereocenters. The van der Waals surface area contributed by atoms with Crippen LogP contribution in [0.4, 0.5) is 0 Å². The van der Waals surface area contributed by atoms with E-state index in [2.05, 4.69) is 4.89 Å². The van der Waals surface area contributed by atoms with Crippen LogP contribution in [0, 0.1) is 0 Å². The van der Waals surface area contributed by atoms with Gasteiger partial charge in [-0.15, -0.1) is 0 Å². The molecule has 8 heavy (non-hydrogen) atoms. The Morgan fingerprint density at radius 2 is 2.25 bits per heavy atom. The van der Waals surface area contributed by atoms with E-state index in [-0.39, 0.29) is 7.05 Å². The van der Waals surface area contributed by atoms with Crippen molar-refractivity contribution in [3.8, 4) is 0 Å². The molecule has 0 amide bonds. The molecule has 1 fully saturated rings. The quantitative estimate of drug-likeness (QED) is 0.354. The summed E-state index contributed by atoms with van der Waals surface area (Å²) in [5.74, 6) is 0. The smallest absolute Gasteiger partial charge is 0.321 e. The van der Waals surface area contributed by atoms with Crippen molar-refractivity contribution in [3.63, 3.8) is 0 Å². The van der Waals surface area contributed by atoms with Crippen molar-refractivity contribution in [2.24, 2.45) is 0 Å². The van der Waals surface area contributed by atoms with Crippen LogP contribution < -0.4 is 0 Å². The lowest BCUT2D eigenvalue weighted by Gasteiger charge is -2.09. The summed E-state index contributed by atoms with van der Waals surface area (Å²) < 4.78 is 0. The molecule has 0 aromatic rings. The van der Waals surface area contributed by atoms with Gasteiger partial charge in [-0.3, -0.25) is 9.69 Å². The first-order chi connectivity index (χ1) is 3.80. The van der Waals surface area contributed by atoms with E-state index in [0.29, 0.717) is 0 Å². The van der Waals surface area contributed by atoms with Gasteiger partial charge in [0.25, 0.3) is 0 Å². The third-order valence-corrected chi connectivity index (χ3v) is 1.20. The zero-order chi connectivity index (χ0) is 5.98. The summed E-state index contributed by atoms with van der Waals surface area (Å²) in [6.07, 6.45) is 0.979. The van der Waals surface area contributed by atoms with Crippen molar-refractivity contribution in [2.45, 2.75) is 6.32 Å². The second-order valence-electron chi connectivity index (χ2n) is 2.13. The fraction of sp³-hybridized carbons (Fsp3) is 1.00. The van der Waals surface area contributed by atoms with E-state index in [1.165, 1.54) is 0 Å². The molecule has 0 atom stereocenters. The molecule has 1 heterocycles. The fourth-order valence-corrected chi connectivity index (χ4v) is 0.668. The molecular weight excluding hydrogens is 105 g/mol. The van der Waals surface area contributed by atoms with E-state index in [0.717, 1.165) is 12.9 Å². The number of nitrogens with zero attached hydrogens (tertiary/aromatic N) is 1. The third kappa shape index (κ3) is 1.21. The highest BCUT2D eigenvalue weighted by Gasteiger charge is 2.25. The van der Waals surface area contributed by atoms with Crippen LogP contribution in [0.15, 0.2) is 0 Å². The zero-order valence-corrected chi connectivity index (χ0v) is 5.26. The summed E-state index contributed by atoms with van der Waals surface area (Å²) in [6, 6.07) is 0. The lowest BCUT2D eigenvalue weighted by Crippen LogP contribution is -2.31. The number of hydrogen-bond donors (Lipinski definition) is 0. The molecule has 4 heteroatoms. The Morgan fingerprint density at radius 3 is 2.50 bits per heavy atom. The molecule has 46 valence electrons. The van der Waals surface area contributed by atoms with Crippen molar-refractivity contribution < 1.29 is 9.69 Å². The zero-order valence-electron chi connectivity index (χ0n) is 5.26. The van der Waals surface area contributed by atoms with E-state index in [1.54, 1.807) is 0 Å². The third-order valence-electron chi connectivity index (χ3n) is 1.20. The predicted octanol–water partition coefficient (Wildman–Crippen LogP) is -0.00200. The Kier molecular flexibility index (Phi) is 1.88. The van der Waals surface area contributed by atoms with E-state index in [4.69, 9.17) is 4.81 Å². The van der Waals surface area contributed by atoms with Gasteiger partial charge in [0.1, 0.15) is 0 Å². The van der Waals surface area contributed by atoms with Crippen molar-refractivity contribution in [1.82, 2.24) is 4.81 Å². The molecule has 0 aromatic heterocycles. The molecule has 1 rings (SSSR count). The van der Waals surface area contributed by atoms with Gasteiger partial charge in [0.05, 0.1) is 6.61 Å². The Hall–Kier alpha value is -0.0551. The lowest BCUT2D eigenvalue weighted by atomic mass is 9.79. The Bertz CT molecular complexity index is 72.4. The van der Waals surface area contributed by atoms with Crippen LogP contribution in [-0.4, -0.2) is 32.6 Å². The normalized spacial score (nSPS) is 20.6. The molecular formula is C4H10BNO2. The summed E-state index contributed by atoms with van der Waals surface area (Å²) in [4.78, 5) is 11.5. The summed E-state index contributed by atoms with van der Waals surface area (Å²) in [7, 11) is 4.12. The number of hydrogen-bond acceptors (Lipinski definition) is 3. The van der Waals surface area contributed by atoms with Gasteiger partial charge in [0.15, 0.2) is 0 Å². The van der Waals surface area contributed by atoms with Crippen molar-refractivity contribution in [1.29, 1.82) is 0 Å². The van der Waals surface area contributed by atoms with Crippen LogP contribution in [0.3, 0.4) is 0 Å². The molecule has 0 saturated carbocycles. The van der Waals surface area contributed by atoms with Gasteiger partial charge >= 0.3 is 7.05 Å². The van der Waals surface area contributed by atoms with Crippen LogP contribution >= 0.6 is 0 Å². The van der Waals surface area contributed by atoms with E-state index in [9.17, 15) is 0 Å². The van der Waals surface area contributed by atoms with Crippen molar-refractivity contribution >= 4 is 7.05 Å². The van der Waals surface area contributed by atoms with Crippen LogP contribution in [0.2, 0.25) is 6.32 Å². The van der Waals surface area contributed by atoms with Gasteiger partial charge in [-0.1, -0.05) is 0 Å². The average Bonchev–Trinajstić information content (AvgIpc) is 2.12. The van der Waals surface area contributed by atoms with Crippen molar-refractivity contribution in [3.05, 3.63) is 0 Å². The molecule has 0 aliphatic carbocycles. The molecule has 0 N–H and O–H groups in total. The molecule has 0 bridgehead atoms. The number of rotatable bonds is 1. The minimum Gasteiger partial charge on any atom is -0.321 e. The van der Waals surface area contributed by atoms with Crippen LogP contribution in [-0.2, 0) is 9.69 Å². The predicted molar refractivity (Wildman–Crippen MR) is 31.3 cm³/mol. The first-order valence-corrected chi connectivity index (χ1v) is 2.75. The monoisotopic (exact) mass is 115 g/mol. The molecule has 0 aromatic carbocycles. The summed E-state index contributed by atoms with van der Waals surface area (Å²) >= 11 is 0. The van der Waals surface area contributed by atoms with Gasteiger partial charge in [-0.2, -0.15) is 0 Å². The van der Waals surface area contributed by atoms with E-state index >= 15 is 0 Å². The molecule has 3 nitrogen and oxygen atoms in total. The molecule has 0 radical (unpaired) electrons. The van der Waals surface area contributed by atoms with Crippen LogP contribution in [0.1, 0.15) is 0 Å². The minimum atomic E-state index is 0.176. The highest BCUT2D eigenvalue weighted by molar-refractivity contribution is 6.48. The summed E-state index contributed by atoms with van der Waals surface area (Å²) in [5.41, 5.74) is 0. The first kappa shape index (κ1) is 6.07. The molecule has 0 spiro atoms. The Morgan fingerprint density at radius 1 is 1.50 bits per heavy atom. The van der Waals surface area contributed by atoms with Gasteiger partial charge in [-0.05, 0) is 20.4 Å². The second kappa shape index (κ2) is 2.48. The largest absolute Gasteiger partial charge is 0.424 e. The maximum Gasteiger partial charge on any atom is 0.424 e. The van der Waals surface area contributed by atoms with Gasteiger partial charge in [-0.25, -0.2) is 0 Å². The average molecular weight is 115 g/mol. The summed E-state index contributed by atoms with van der Waals surface area (Å²) in [5, 5.41) is 0. The highest BCUT2D eigenvalue weighted by Crippen LogP contribution is 2.06. The minimum absolute atomic E-state index is 0.176. The van der Waals surface area contributed by atoms with E-state index < -0.39 is 0 Å². The second-order valence-corrected chi connectivity index (χ2v) is 2.13. The molecule has 1 saturated heterocycles. The molecule has 1 aliphatic rings. The SMILES string of the molecule is CN(C)B1CCOO1. The lowest BCUT2D eigenvalue weighted by molar-refractivity contribution is -0.189. The fourth-order valence-electron chi connectivity index (χ4n) is 0.668. The standard InChI is InChI=1S/C4H10BNO2/c1-6(2)5-3-4-7-8-5/h3-4H2,1-2H3. The molecule has 1 aliphatic heterocycles. The van der Waals surface area contributed by atoms with E-state index in [1.807, 2.05) is 18.9 Å². The Balaban J connectivity index is 2.24. The highest BCUT2D eigenvalue weighted by atomic mass is 17.2. The van der Waals surface area contributed by atoms with Gasteiger partial charge in [0, 0.05) is 0 Å². The van der Waals surface area contributed by atoms with Gasteiger partial charge in [0.2, 0.25) is 0 Å². The first-order valence-electron chi connectivity index (χ1n) is 2.75.